The van der Waals surface area contributed by atoms with Gasteiger partial charge in [-0.1, -0.05) is 41.9 Å². The van der Waals surface area contributed by atoms with Crippen molar-refractivity contribution in [1.82, 2.24) is 0 Å². The Bertz CT molecular complexity index is 446. The zero-order valence-electron chi connectivity index (χ0n) is 8.74. The molecule has 3 nitrogen and oxygen atoms in total. The summed E-state index contributed by atoms with van der Waals surface area (Å²) in [5.74, 6) is -0.696. The number of ether oxygens (including phenoxy) is 1. The zero-order chi connectivity index (χ0) is 12.0. The summed E-state index contributed by atoms with van der Waals surface area (Å²) in [6.07, 6.45) is 0. The maximum Gasteiger partial charge on any atom is 0.350 e. The van der Waals surface area contributed by atoms with Gasteiger partial charge >= 0.3 is 5.97 Å². The molecule has 0 aliphatic rings. The van der Waals surface area contributed by atoms with Crippen molar-refractivity contribution in [3.63, 3.8) is 0 Å². The molecule has 16 heavy (non-hydrogen) atoms. The monoisotopic (exact) mass is 235 g/mol. The molecule has 82 valence electrons. The van der Waals surface area contributed by atoms with Gasteiger partial charge in [-0.15, -0.1) is 0 Å². The van der Waals surface area contributed by atoms with E-state index in [0.29, 0.717) is 5.56 Å². The first-order valence-electron chi connectivity index (χ1n) is 4.73. The van der Waals surface area contributed by atoms with E-state index in [4.69, 9.17) is 21.6 Å². The molecule has 0 fully saturated rings. The van der Waals surface area contributed by atoms with Gasteiger partial charge in [-0.2, -0.15) is 5.26 Å². The van der Waals surface area contributed by atoms with E-state index >= 15 is 0 Å². The Hall–Kier alpha value is -1.79. The molecule has 0 saturated heterocycles. The second kappa shape index (κ2) is 5.94. The summed E-state index contributed by atoms with van der Waals surface area (Å²) in [5.41, 5.74) is 0.448. The van der Waals surface area contributed by atoms with E-state index in [9.17, 15) is 4.79 Å². The quantitative estimate of drug-likeness (QED) is 0.460. The molecule has 4 heteroatoms. The third-order valence-electron chi connectivity index (χ3n) is 1.84. The number of carbonyl (C=O) groups excluding carboxylic acids is 1. The first kappa shape index (κ1) is 12.3. The number of nitriles is 1. The van der Waals surface area contributed by atoms with Gasteiger partial charge in [0.2, 0.25) is 0 Å². The minimum Gasteiger partial charge on any atom is -0.462 e. The van der Waals surface area contributed by atoms with Gasteiger partial charge in [0.15, 0.2) is 5.57 Å². The summed E-state index contributed by atoms with van der Waals surface area (Å²) in [6.45, 7) is 1.88. The van der Waals surface area contributed by atoms with Crippen LogP contribution in [0.15, 0.2) is 35.9 Å². The molecule has 0 saturated carbocycles. The predicted molar refractivity (Wildman–Crippen MR) is 61.5 cm³/mol. The lowest BCUT2D eigenvalue weighted by Gasteiger charge is -2.03. The molecule has 0 amide bonds. The van der Waals surface area contributed by atoms with Crippen LogP contribution in [0.5, 0.6) is 0 Å². The van der Waals surface area contributed by atoms with Crippen LogP contribution in [-0.4, -0.2) is 12.6 Å². The highest BCUT2D eigenvalue weighted by Crippen LogP contribution is 2.23. The molecule has 0 aliphatic carbocycles. The summed E-state index contributed by atoms with van der Waals surface area (Å²) in [6, 6.07) is 10.6. The van der Waals surface area contributed by atoms with E-state index in [-0.39, 0.29) is 17.2 Å². The van der Waals surface area contributed by atoms with Crippen molar-refractivity contribution in [2.45, 2.75) is 6.92 Å². The molecule has 0 bridgehead atoms. The van der Waals surface area contributed by atoms with Crippen LogP contribution in [0, 0.1) is 11.3 Å². The molecule has 1 rings (SSSR count). The Balaban J connectivity index is 3.11. The van der Waals surface area contributed by atoms with E-state index < -0.39 is 5.97 Å². The maximum atomic E-state index is 11.4. The Kier molecular flexibility index (Phi) is 4.56. The van der Waals surface area contributed by atoms with Gasteiger partial charge in [-0.3, -0.25) is 0 Å². The van der Waals surface area contributed by atoms with Crippen molar-refractivity contribution in [1.29, 1.82) is 5.26 Å². The fraction of sp³-hybridized carbons (Fsp3) is 0.167. The van der Waals surface area contributed by atoms with Crippen LogP contribution in [0.1, 0.15) is 12.5 Å². The topological polar surface area (TPSA) is 50.1 Å². The number of nitrogens with zero attached hydrogens (tertiary/aromatic N) is 1. The second-order valence-electron chi connectivity index (χ2n) is 2.89. The second-order valence-corrected chi connectivity index (χ2v) is 3.27. The largest absolute Gasteiger partial charge is 0.462 e. The van der Waals surface area contributed by atoms with E-state index in [1.54, 1.807) is 37.3 Å². The van der Waals surface area contributed by atoms with Gasteiger partial charge in [0.1, 0.15) is 6.07 Å². The van der Waals surface area contributed by atoms with Crippen LogP contribution < -0.4 is 0 Å². The molecule has 0 heterocycles. The van der Waals surface area contributed by atoms with Crippen LogP contribution in [0.25, 0.3) is 5.03 Å². The smallest absolute Gasteiger partial charge is 0.350 e. The van der Waals surface area contributed by atoms with Gasteiger partial charge in [0.25, 0.3) is 0 Å². The predicted octanol–water partition coefficient (Wildman–Crippen LogP) is 2.72. The molecule has 0 spiro atoms. The normalized spacial score (nSPS) is 11.3. The summed E-state index contributed by atoms with van der Waals surface area (Å²) >= 11 is 5.96. The van der Waals surface area contributed by atoms with Crippen LogP contribution in [0.3, 0.4) is 0 Å². The van der Waals surface area contributed by atoms with Gasteiger partial charge in [0, 0.05) is 0 Å². The van der Waals surface area contributed by atoms with Crippen molar-refractivity contribution in [2.24, 2.45) is 0 Å². The summed E-state index contributed by atoms with van der Waals surface area (Å²) in [5, 5.41) is 8.97. The van der Waals surface area contributed by atoms with E-state index in [0.717, 1.165) is 0 Å². The highest BCUT2D eigenvalue weighted by Gasteiger charge is 2.16. The molecule has 0 aliphatic heterocycles. The third kappa shape index (κ3) is 2.85. The average Bonchev–Trinajstić information content (AvgIpc) is 2.31. The molecule has 0 unspecified atom stereocenters. The van der Waals surface area contributed by atoms with Crippen molar-refractivity contribution >= 4 is 22.6 Å². The SMILES string of the molecule is CCOC(=O)C(C#N)=C(Cl)c1ccccc1. The van der Waals surface area contributed by atoms with Gasteiger partial charge in [0.05, 0.1) is 11.6 Å². The number of benzene rings is 1. The van der Waals surface area contributed by atoms with Crippen LogP contribution >= 0.6 is 11.6 Å². The van der Waals surface area contributed by atoms with Gasteiger partial charge < -0.3 is 4.74 Å². The Morgan fingerprint density at radius 2 is 2.06 bits per heavy atom. The highest BCUT2D eigenvalue weighted by molar-refractivity contribution is 6.51. The molecule has 0 N–H and O–H groups in total. The Morgan fingerprint density at radius 3 is 2.56 bits per heavy atom. The number of hydrogen-bond acceptors (Lipinski definition) is 3. The molecule has 0 radical (unpaired) electrons. The standard InChI is InChI=1S/C12H10ClNO2/c1-2-16-12(15)10(8-14)11(13)9-6-4-3-5-7-9/h3-7H,2H2,1H3. The lowest BCUT2D eigenvalue weighted by molar-refractivity contribution is -0.137. The van der Waals surface area contributed by atoms with E-state index in [2.05, 4.69) is 0 Å². The fourth-order valence-electron chi connectivity index (χ4n) is 1.12. The molecule has 0 aromatic heterocycles. The van der Waals surface area contributed by atoms with Crippen LogP contribution in [0.4, 0.5) is 0 Å². The molecule has 1 aromatic rings. The van der Waals surface area contributed by atoms with Gasteiger partial charge in [-0.05, 0) is 12.5 Å². The van der Waals surface area contributed by atoms with Gasteiger partial charge in [-0.25, -0.2) is 4.79 Å². The minimum absolute atomic E-state index is 0.113. The first-order chi connectivity index (χ1) is 7.70. The van der Waals surface area contributed by atoms with Crippen molar-refractivity contribution in [3.05, 3.63) is 41.5 Å². The van der Waals surface area contributed by atoms with Crippen molar-refractivity contribution in [3.8, 4) is 6.07 Å². The number of carbonyl (C=O) groups is 1. The molecular weight excluding hydrogens is 226 g/mol. The number of rotatable bonds is 3. The summed E-state index contributed by atoms with van der Waals surface area (Å²) in [7, 11) is 0. The van der Waals surface area contributed by atoms with E-state index in [1.165, 1.54) is 0 Å². The lowest BCUT2D eigenvalue weighted by Crippen LogP contribution is -2.07. The third-order valence-corrected chi connectivity index (χ3v) is 2.25. The van der Waals surface area contributed by atoms with Crippen LogP contribution in [0.2, 0.25) is 0 Å². The zero-order valence-corrected chi connectivity index (χ0v) is 9.49. The first-order valence-corrected chi connectivity index (χ1v) is 5.11. The number of halogens is 1. The van der Waals surface area contributed by atoms with Crippen LogP contribution in [-0.2, 0) is 9.53 Å². The maximum absolute atomic E-state index is 11.4. The molecular formula is C12H10ClNO2. The average molecular weight is 236 g/mol. The fourth-order valence-corrected chi connectivity index (χ4v) is 1.36. The van der Waals surface area contributed by atoms with Crippen molar-refractivity contribution in [2.75, 3.05) is 6.61 Å². The minimum atomic E-state index is -0.696. The number of hydrogen-bond donors (Lipinski definition) is 0. The number of esters is 1. The van der Waals surface area contributed by atoms with Crippen molar-refractivity contribution < 1.29 is 9.53 Å². The molecule has 0 atom stereocenters. The Labute approximate surface area is 98.9 Å². The highest BCUT2D eigenvalue weighted by atomic mass is 35.5. The Morgan fingerprint density at radius 1 is 1.44 bits per heavy atom. The molecule has 1 aromatic carbocycles. The summed E-state index contributed by atoms with van der Waals surface area (Å²) < 4.78 is 4.73. The summed E-state index contributed by atoms with van der Waals surface area (Å²) in [4.78, 5) is 11.4. The van der Waals surface area contributed by atoms with E-state index in [1.807, 2.05) is 6.07 Å². The lowest BCUT2D eigenvalue weighted by atomic mass is 10.1.